The molecule has 26 heavy (non-hydrogen) atoms. The number of carbonyl (C=O) groups is 1. The van der Waals surface area contributed by atoms with Gasteiger partial charge in [0.15, 0.2) is 0 Å². The van der Waals surface area contributed by atoms with Crippen molar-refractivity contribution in [2.24, 2.45) is 46.3 Å². The maximum Gasteiger partial charge on any atom is 0.120 e. The Morgan fingerprint density at radius 2 is 1.73 bits per heavy atom. The molecular formula is C24H40O2. The van der Waals surface area contributed by atoms with Gasteiger partial charge in [-0.25, -0.2) is 0 Å². The second kappa shape index (κ2) is 6.90. The van der Waals surface area contributed by atoms with Gasteiger partial charge < -0.3 is 9.90 Å². The molecule has 0 aromatic heterocycles. The van der Waals surface area contributed by atoms with E-state index in [1.165, 1.54) is 44.9 Å². The highest BCUT2D eigenvalue weighted by Gasteiger charge is 2.60. The first-order valence-corrected chi connectivity index (χ1v) is 11.5. The fourth-order valence-electron chi connectivity index (χ4n) is 8.74. The minimum atomic E-state index is -0.0342. The van der Waals surface area contributed by atoms with Gasteiger partial charge in [0.2, 0.25) is 0 Å². The number of carbonyl (C=O) groups excluding carboxylic acids is 1. The van der Waals surface area contributed by atoms with E-state index >= 15 is 0 Å². The van der Waals surface area contributed by atoms with Gasteiger partial charge in [0.1, 0.15) is 6.29 Å². The molecule has 1 unspecified atom stereocenters. The molecular weight excluding hydrogens is 320 g/mol. The lowest BCUT2D eigenvalue weighted by atomic mass is 9.44. The summed E-state index contributed by atoms with van der Waals surface area (Å²) in [5.74, 6) is 5.02. The lowest BCUT2D eigenvalue weighted by Crippen LogP contribution is -2.54. The van der Waals surface area contributed by atoms with Gasteiger partial charge in [-0.05, 0) is 111 Å². The van der Waals surface area contributed by atoms with Crippen molar-refractivity contribution in [1.29, 1.82) is 0 Å². The molecule has 0 radical (unpaired) electrons. The van der Waals surface area contributed by atoms with Crippen molar-refractivity contribution in [2.45, 2.75) is 97.5 Å². The first-order valence-electron chi connectivity index (χ1n) is 11.5. The zero-order valence-electron chi connectivity index (χ0n) is 17.3. The Morgan fingerprint density at radius 3 is 2.50 bits per heavy atom. The third-order valence-electron chi connectivity index (χ3n) is 10.1. The zero-order chi connectivity index (χ0) is 18.5. The average Bonchev–Trinajstić information content (AvgIpc) is 2.97. The number of aliphatic hydroxyl groups is 1. The highest BCUT2D eigenvalue weighted by molar-refractivity contribution is 5.49. The third-order valence-corrected chi connectivity index (χ3v) is 10.1. The van der Waals surface area contributed by atoms with Crippen LogP contribution in [0.3, 0.4) is 0 Å². The maximum absolute atomic E-state index is 10.8. The summed E-state index contributed by atoms with van der Waals surface area (Å²) in [5, 5.41) is 10.2. The summed E-state index contributed by atoms with van der Waals surface area (Å²) in [4.78, 5) is 10.8. The first kappa shape index (κ1) is 19.0. The van der Waals surface area contributed by atoms with Crippen LogP contribution in [-0.4, -0.2) is 17.5 Å². The molecule has 2 nitrogen and oxygen atoms in total. The fourth-order valence-corrected chi connectivity index (χ4v) is 8.74. The van der Waals surface area contributed by atoms with Gasteiger partial charge >= 0.3 is 0 Å². The molecule has 0 spiro atoms. The van der Waals surface area contributed by atoms with Crippen LogP contribution in [0.25, 0.3) is 0 Å². The summed E-state index contributed by atoms with van der Waals surface area (Å²) in [6.45, 7) is 7.61. The number of rotatable bonds is 4. The number of aldehydes is 1. The lowest BCUT2D eigenvalue weighted by molar-refractivity contribution is -0.129. The number of aliphatic hydroxyl groups excluding tert-OH is 1. The van der Waals surface area contributed by atoms with Crippen molar-refractivity contribution in [3.05, 3.63) is 0 Å². The van der Waals surface area contributed by atoms with E-state index in [9.17, 15) is 9.90 Å². The third kappa shape index (κ3) is 2.81. The molecule has 2 heteroatoms. The molecule has 0 saturated heterocycles. The molecule has 4 aliphatic carbocycles. The lowest BCUT2D eigenvalue weighted by Gasteiger charge is -2.61. The van der Waals surface area contributed by atoms with E-state index in [0.29, 0.717) is 16.7 Å². The Kier molecular flexibility index (Phi) is 5.04. The van der Waals surface area contributed by atoms with E-state index in [0.717, 1.165) is 61.6 Å². The summed E-state index contributed by atoms with van der Waals surface area (Å²) in [5.41, 5.74) is 1.01. The molecule has 0 aromatic carbocycles. The molecule has 4 aliphatic rings. The molecule has 0 heterocycles. The van der Waals surface area contributed by atoms with E-state index in [4.69, 9.17) is 0 Å². The van der Waals surface area contributed by atoms with Gasteiger partial charge in [0.05, 0.1) is 6.10 Å². The molecule has 9 atom stereocenters. The van der Waals surface area contributed by atoms with Crippen molar-refractivity contribution < 1.29 is 9.90 Å². The molecule has 0 aliphatic heterocycles. The molecule has 0 amide bonds. The van der Waals surface area contributed by atoms with Crippen LogP contribution in [0.15, 0.2) is 0 Å². The second-order valence-electron chi connectivity index (χ2n) is 11.0. The first-order chi connectivity index (χ1) is 12.4. The molecule has 4 saturated carbocycles. The van der Waals surface area contributed by atoms with Crippen molar-refractivity contribution in [3.63, 3.8) is 0 Å². The Morgan fingerprint density at radius 1 is 1.00 bits per heavy atom. The molecule has 4 rings (SSSR count). The molecule has 148 valence electrons. The Bertz CT molecular complexity index is 530. The zero-order valence-corrected chi connectivity index (χ0v) is 17.3. The predicted octanol–water partition coefficient (Wildman–Crippen LogP) is 5.62. The summed E-state index contributed by atoms with van der Waals surface area (Å²) in [7, 11) is 0. The van der Waals surface area contributed by atoms with Gasteiger partial charge in [-0.2, -0.15) is 0 Å². The highest BCUT2D eigenvalue weighted by Crippen LogP contribution is 2.68. The van der Waals surface area contributed by atoms with E-state index in [1.54, 1.807) is 0 Å². The second-order valence-corrected chi connectivity index (χ2v) is 11.0. The molecule has 4 fully saturated rings. The number of hydrogen-bond donors (Lipinski definition) is 1. The van der Waals surface area contributed by atoms with Crippen LogP contribution >= 0.6 is 0 Å². The monoisotopic (exact) mass is 360 g/mol. The molecule has 1 N–H and O–H groups in total. The maximum atomic E-state index is 10.8. The minimum absolute atomic E-state index is 0.0342. The van der Waals surface area contributed by atoms with Crippen LogP contribution in [0.2, 0.25) is 0 Å². The summed E-state index contributed by atoms with van der Waals surface area (Å²) in [6.07, 6.45) is 14.7. The Labute approximate surface area is 160 Å². The van der Waals surface area contributed by atoms with E-state index < -0.39 is 0 Å². The highest BCUT2D eigenvalue weighted by atomic mass is 16.3. The minimum Gasteiger partial charge on any atom is -0.393 e. The smallest absolute Gasteiger partial charge is 0.120 e. The van der Waals surface area contributed by atoms with Crippen LogP contribution in [0.1, 0.15) is 91.4 Å². The summed E-state index contributed by atoms with van der Waals surface area (Å²) >= 11 is 0. The van der Waals surface area contributed by atoms with Gasteiger partial charge in [0.25, 0.3) is 0 Å². The average molecular weight is 361 g/mol. The van der Waals surface area contributed by atoms with Crippen LogP contribution in [-0.2, 0) is 4.79 Å². The van der Waals surface area contributed by atoms with E-state index in [2.05, 4.69) is 20.8 Å². The Balaban J connectivity index is 1.53. The normalized spacial score (nSPS) is 51.8. The summed E-state index contributed by atoms with van der Waals surface area (Å²) < 4.78 is 0. The number of hydrogen-bond acceptors (Lipinski definition) is 2. The Hall–Kier alpha value is -0.370. The standard InChI is InChI=1S/C24H40O2/c1-16(5-4-14-25)20-8-9-21-19-7-6-17-15-18(26)10-12-23(17,2)22(19)11-13-24(20,21)3/h14,16-22,26H,4-13,15H2,1-3H3/t16-,17-,18?,19+,20-,21+,22+,23+,24-/m1/s1. The van der Waals surface area contributed by atoms with Gasteiger partial charge in [-0.3, -0.25) is 0 Å². The fraction of sp³-hybridized carbons (Fsp3) is 0.958. The van der Waals surface area contributed by atoms with E-state index in [-0.39, 0.29) is 6.10 Å². The van der Waals surface area contributed by atoms with E-state index in [1.807, 2.05) is 0 Å². The molecule has 0 bridgehead atoms. The predicted molar refractivity (Wildman–Crippen MR) is 106 cm³/mol. The van der Waals surface area contributed by atoms with Gasteiger partial charge in [-0.1, -0.05) is 20.8 Å². The van der Waals surface area contributed by atoms with Crippen LogP contribution in [0.5, 0.6) is 0 Å². The molecule has 0 aromatic rings. The quantitative estimate of drug-likeness (QED) is 0.661. The van der Waals surface area contributed by atoms with Crippen LogP contribution in [0, 0.1) is 46.3 Å². The summed E-state index contributed by atoms with van der Waals surface area (Å²) in [6, 6.07) is 0. The topological polar surface area (TPSA) is 37.3 Å². The van der Waals surface area contributed by atoms with Crippen molar-refractivity contribution >= 4 is 6.29 Å². The largest absolute Gasteiger partial charge is 0.393 e. The van der Waals surface area contributed by atoms with Gasteiger partial charge in [-0.15, -0.1) is 0 Å². The van der Waals surface area contributed by atoms with Gasteiger partial charge in [0, 0.05) is 6.42 Å². The van der Waals surface area contributed by atoms with Crippen LogP contribution < -0.4 is 0 Å². The van der Waals surface area contributed by atoms with Crippen molar-refractivity contribution in [3.8, 4) is 0 Å². The van der Waals surface area contributed by atoms with Crippen LogP contribution in [0.4, 0.5) is 0 Å². The van der Waals surface area contributed by atoms with Crippen molar-refractivity contribution in [1.82, 2.24) is 0 Å². The van der Waals surface area contributed by atoms with Crippen molar-refractivity contribution in [2.75, 3.05) is 0 Å². The number of fused-ring (bicyclic) bond motifs is 5. The SMILES string of the molecule is C[C@H](CCC=O)[C@H]1CC[C@H]2[C@@H]3CC[C@@H]4CC(O)CC[C@]4(C)[C@H]3CC[C@]12C.